The summed E-state index contributed by atoms with van der Waals surface area (Å²) in [7, 11) is 1.33. The van der Waals surface area contributed by atoms with Crippen molar-refractivity contribution in [3.8, 4) is 0 Å². The van der Waals surface area contributed by atoms with Crippen LogP contribution in [0.15, 0.2) is 87.5 Å². The number of hydrogen-bond donors (Lipinski definition) is 0. The molecule has 1 aliphatic rings. The van der Waals surface area contributed by atoms with Crippen LogP contribution in [0.25, 0.3) is 11.8 Å². The molecule has 1 atom stereocenters. The third kappa shape index (κ3) is 4.71. The third-order valence-electron chi connectivity index (χ3n) is 5.82. The Labute approximate surface area is 220 Å². The van der Waals surface area contributed by atoms with Gasteiger partial charge in [-0.05, 0) is 42.1 Å². The van der Waals surface area contributed by atoms with E-state index in [9.17, 15) is 14.4 Å². The van der Waals surface area contributed by atoms with E-state index < -0.39 is 18.0 Å². The second kappa shape index (κ2) is 10.5. The Morgan fingerprint density at radius 3 is 2.43 bits per heavy atom. The second-order valence-corrected chi connectivity index (χ2v) is 10.0. The summed E-state index contributed by atoms with van der Waals surface area (Å²) in [6, 6.07) is 19.4. The van der Waals surface area contributed by atoms with Crippen molar-refractivity contribution in [3.05, 3.63) is 119 Å². The molecule has 0 N–H and O–H groups in total. The fourth-order valence-corrected chi connectivity index (χ4v) is 5.97. The number of rotatable bonds is 6. The fourth-order valence-electron chi connectivity index (χ4n) is 4.14. The number of carbonyl (C=O) groups is 2. The standard InChI is InChI=1S/C28H22N2O5S2/c1-3-35-27(33)22-23(18-8-5-4-6-9-18)29-28-30(24(22)20-10-7-15-36-20)25(31)21(37-28)16-17-11-13-19(14-12-17)26(32)34-2/h4-16,24H,3H2,1-2H3. The predicted molar refractivity (Wildman–Crippen MR) is 143 cm³/mol. The van der Waals surface area contributed by atoms with Crippen LogP contribution < -0.4 is 14.9 Å². The Morgan fingerprint density at radius 1 is 1.03 bits per heavy atom. The van der Waals surface area contributed by atoms with E-state index in [0.717, 1.165) is 16.0 Å². The number of aromatic nitrogens is 1. The number of ether oxygens (including phenoxy) is 2. The highest BCUT2D eigenvalue weighted by atomic mass is 32.1. The Balaban J connectivity index is 1.73. The Hall–Kier alpha value is -4.08. The smallest absolute Gasteiger partial charge is 0.338 e. The van der Waals surface area contributed by atoms with Gasteiger partial charge in [-0.2, -0.15) is 0 Å². The molecule has 7 nitrogen and oxygen atoms in total. The van der Waals surface area contributed by atoms with Crippen LogP contribution in [0.3, 0.4) is 0 Å². The van der Waals surface area contributed by atoms with Crippen LogP contribution in [0.5, 0.6) is 0 Å². The van der Waals surface area contributed by atoms with Crippen LogP contribution in [0.1, 0.15) is 39.3 Å². The van der Waals surface area contributed by atoms with E-state index in [1.54, 1.807) is 41.8 Å². The molecular formula is C28H22N2O5S2. The average Bonchev–Trinajstić information content (AvgIpc) is 3.57. The topological polar surface area (TPSA) is 87.0 Å². The summed E-state index contributed by atoms with van der Waals surface area (Å²) in [5.41, 5.74) is 2.50. The zero-order valence-electron chi connectivity index (χ0n) is 20.0. The van der Waals surface area contributed by atoms with Crippen molar-refractivity contribution in [2.75, 3.05) is 13.7 Å². The molecule has 9 heteroatoms. The maximum atomic E-state index is 13.8. The van der Waals surface area contributed by atoms with E-state index in [-0.39, 0.29) is 12.2 Å². The predicted octanol–water partition coefficient (Wildman–Crippen LogP) is 3.78. The Kier molecular flexibility index (Phi) is 6.98. The van der Waals surface area contributed by atoms with E-state index in [1.807, 2.05) is 47.8 Å². The Morgan fingerprint density at radius 2 is 1.78 bits per heavy atom. The van der Waals surface area contributed by atoms with Crippen molar-refractivity contribution in [1.82, 2.24) is 4.57 Å². The molecule has 2 aromatic heterocycles. The van der Waals surface area contributed by atoms with Gasteiger partial charge in [0, 0.05) is 10.4 Å². The molecule has 0 spiro atoms. The maximum Gasteiger partial charge on any atom is 0.338 e. The first kappa shape index (κ1) is 24.6. The lowest BCUT2D eigenvalue weighted by Crippen LogP contribution is -2.39. The van der Waals surface area contributed by atoms with Crippen molar-refractivity contribution in [3.63, 3.8) is 0 Å². The summed E-state index contributed by atoms with van der Waals surface area (Å²) < 4.78 is 12.2. The monoisotopic (exact) mass is 530 g/mol. The van der Waals surface area contributed by atoms with Crippen LogP contribution in [0, 0.1) is 0 Å². The molecule has 0 amide bonds. The molecule has 0 aliphatic carbocycles. The highest BCUT2D eigenvalue weighted by molar-refractivity contribution is 7.10. The molecule has 0 fully saturated rings. The number of thiophene rings is 1. The number of thiazole rings is 1. The highest BCUT2D eigenvalue weighted by Crippen LogP contribution is 2.36. The third-order valence-corrected chi connectivity index (χ3v) is 7.72. The minimum absolute atomic E-state index is 0.202. The molecular weight excluding hydrogens is 508 g/mol. The van der Waals surface area contributed by atoms with E-state index in [4.69, 9.17) is 14.5 Å². The molecule has 2 aromatic carbocycles. The van der Waals surface area contributed by atoms with Gasteiger partial charge < -0.3 is 9.47 Å². The lowest BCUT2D eigenvalue weighted by Gasteiger charge is -2.24. The SMILES string of the molecule is CCOC(=O)C1=C(c2ccccc2)N=c2sc(=Cc3ccc(C(=O)OC)cc3)c(=O)n2C1c1cccs1. The average molecular weight is 531 g/mol. The van der Waals surface area contributed by atoms with Gasteiger partial charge in [-0.3, -0.25) is 9.36 Å². The van der Waals surface area contributed by atoms with Gasteiger partial charge in [-0.1, -0.05) is 59.9 Å². The number of benzene rings is 2. The van der Waals surface area contributed by atoms with E-state index in [2.05, 4.69) is 0 Å². The van der Waals surface area contributed by atoms with Crippen molar-refractivity contribution >= 4 is 46.4 Å². The highest BCUT2D eigenvalue weighted by Gasteiger charge is 2.35. The van der Waals surface area contributed by atoms with Crippen LogP contribution in [0.2, 0.25) is 0 Å². The first-order valence-corrected chi connectivity index (χ1v) is 13.2. The van der Waals surface area contributed by atoms with Crippen molar-refractivity contribution in [2.24, 2.45) is 4.99 Å². The van der Waals surface area contributed by atoms with Crippen molar-refractivity contribution in [1.29, 1.82) is 0 Å². The molecule has 186 valence electrons. The van der Waals surface area contributed by atoms with Crippen LogP contribution in [-0.2, 0) is 14.3 Å². The van der Waals surface area contributed by atoms with Gasteiger partial charge in [0.15, 0.2) is 4.80 Å². The summed E-state index contributed by atoms with van der Waals surface area (Å²) in [5.74, 6) is -0.932. The molecule has 1 unspecified atom stereocenters. The molecule has 1 aliphatic heterocycles. The lowest BCUT2D eigenvalue weighted by molar-refractivity contribution is -0.138. The number of esters is 2. The summed E-state index contributed by atoms with van der Waals surface area (Å²) >= 11 is 2.72. The molecule has 0 saturated heterocycles. The van der Waals surface area contributed by atoms with Gasteiger partial charge in [-0.15, -0.1) is 11.3 Å². The second-order valence-electron chi connectivity index (χ2n) is 8.06. The van der Waals surface area contributed by atoms with Gasteiger partial charge in [0.2, 0.25) is 0 Å². The van der Waals surface area contributed by atoms with Crippen LogP contribution in [-0.4, -0.2) is 30.2 Å². The normalized spacial score (nSPS) is 15.2. The van der Waals surface area contributed by atoms with E-state index in [1.165, 1.54) is 29.8 Å². The van der Waals surface area contributed by atoms with Gasteiger partial charge in [0.05, 0.1) is 35.1 Å². The van der Waals surface area contributed by atoms with E-state index in [0.29, 0.717) is 26.2 Å². The zero-order valence-corrected chi connectivity index (χ0v) is 21.7. The van der Waals surface area contributed by atoms with Crippen molar-refractivity contribution < 1.29 is 19.1 Å². The molecule has 0 saturated carbocycles. The van der Waals surface area contributed by atoms with Crippen LogP contribution in [0.4, 0.5) is 0 Å². The summed E-state index contributed by atoms with van der Waals surface area (Å²) in [6.45, 7) is 1.95. The molecule has 4 aromatic rings. The minimum atomic E-state index is -0.672. The van der Waals surface area contributed by atoms with Gasteiger partial charge in [0.25, 0.3) is 5.56 Å². The first-order chi connectivity index (χ1) is 18.0. The molecule has 0 radical (unpaired) electrons. The number of nitrogens with zero attached hydrogens (tertiary/aromatic N) is 2. The van der Waals surface area contributed by atoms with Gasteiger partial charge >= 0.3 is 11.9 Å². The maximum absolute atomic E-state index is 13.8. The van der Waals surface area contributed by atoms with Crippen molar-refractivity contribution in [2.45, 2.75) is 13.0 Å². The lowest BCUT2D eigenvalue weighted by atomic mass is 9.97. The zero-order chi connectivity index (χ0) is 25.9. The molecule has 3 heterocycles. The summed E-state index contributed by atoms with van der Waals surface area (Å²) in [5, 5.41) is 1.92. The molecule has 37 heavy (non-hydrogen) atoms. The Bertz CT molecular complexity index is 1660. The number of methoxy groups -OCH3 is 1. The van der Waals surface area contributed by atoms with E-state index >= 15 is 0 Å². The summed E-state index contributed by atoms with van der Waals surface area (Å²) in [6.07, 6.45) is 1.76. The number of fused-ring (bicyclic) bond motifs is 1. The first-order valence-electron chi connectivity index (χ1n) is 11.5. The molecule has 0 bridgehead atoms. The minimum Gasteiger partial charge on any atom is -0.465 e. The quantitative estimate of drug-likeness (QED) is 0.354. The molecule has 5 rings (SSSR count). The van der Waals surface area contributed by atoms with Gasteiger partial charge in [-0.25, -0.2) is 14.6 Å². The number of hydrogen-bond acceptors (Lipinski definition) is 8. The largest absolute Gasteiger partial charge is 0.465 e. The van der Waals surface area contributed by atoms with Gasteiger partial charge in [0.1, 0.15) is 6.04 Å². The number of carbonyl (C=O) groups excluding carboxylic acids is 2. The fraction of sp³-hybridized carbons (Fsp3) is 0.143. The van der Waals surface area contributed by atoms with Crippen LogP contribution >= 0.6 is 22.7 Å². The summed E-state index contributed by atoms with van der Waals surface area (Å²) in [4.78, 5) is 45.0.